The van der Waals surface area contributed by atoms with Crippen molar-refractivity contribution in [3.05, 3.63) is 304 Å². The Bertz CT molecular complexity index is 3580. The number of aromatic amines is 4. The normalized spacial score (nSPS) is 9.47. The van der Waals surface area contributed by atoms with Gasteiger partial charge in [0.2, 0.25) is 6.33 Å². The molecule has 6 heterocycles. The van der Waals surface area contributed by atoms with Crippen LogP contribution in [-0.4, -0.2) is 43.5 Å². The van der Waals surface area contributed by atoms with Gasteiger partial charge in [-0.05, 0) is 131 Å². The number of H-pyrrole nitrogens is 4. The van der Waals surface area contributed by atoms with Gasteiger partial charge in [0.1, 0.15) is 11.9 Å². The number of aryl methyl sites for hydroxylation is 8. The van der Waals surface area contributed by atoms with Crippen molar-refractivity contribution in [2.75, 3.05) is 0 Å². The minimum Gasteiger partial charge on any atom is -0.361 e. The van der Waals surface area contributed by atoms with Gasteiger partial charge < -0.3 is 15.0 Å². The molecular formula is C73H84N12PS2+. The van der Waals surface area contributed by atoms with Crippen molar-refractivity contribution in [2.24, 2.45) is 17.0 Å². The van der Waals surface area contributed by atoms with Gasteiger partial charge in [-0.2, -0.15) is 18.7 Å². The molecule has 13 rings (SSSR count). The third-order valence-electron chi connectivity index (χ3n) is 11.8. The number of benzene rings is 7. The van der Waals surface area contributed by atoms with Crippen molar-refractivity contribution < 1.29 is 4.57 Å². The molecule has 4 N–H and O–H groups in total. The number of imidazole rings is 3. The van der Waals surface area contributed by atoms with Gasteiger partial charge in [0.05, 0.1) is 57.0 Å². The Morgan fingerprint density at radius 2 is 1.08 bits per heavy atom. The first-order valence-corrected chi connectivity index (χ1v) is 29.2. The molecule has 0 saturated carbocycles. The van der Waals surface area contributed by atoms with E-state index >= 15 is 0 Å². The molecule has 452 valence electrons. The summed E-state index contributed by atoms with van der Waals surface area (Å²) in [6.45, 7) is 31.3. The molecule has 11 aromatic rings. The summed E-state index contributed by atoms with van der Waals surface area (Å²) in [5, 5.41) is 9.69. The van der Waals surface area contributed by atoms with Gasteiger partial charge in [-0.15, -0.1) is 6.42 Å². The van der Waals surface area contributed by atoms with Crippen LogP contribution in [0.1, 0.15) is 82.9 Å². The molecule has 0 amide bonds. The van der Waals surface area contributed by atoms with Gasteiger partial charge >= 0.3 is 0 Å². The van der Waals surface area contributed by atoms with E-state index in [1.165, 1.54) is 33.3 Å². The lowest BCUT2D eigenvalue weighted by Gasteiger charge is -1.92. The topological polar surface area (TPSA) is 150 Å². The van der Waals surface area contributed by atoms with Crippen LogP contribution in [-0.2, 0) is 31.7 Å². The van der Waals surface area contributed by atoms with Crippen molar-refractivity contribution in [3.63, 3.8) is 0 Å². The van der Waals surface area contributed by atoms with E-state index in [-0.39, 0.29) is 7.43 Å². The number of fused-ring (bicyclic) bond motifs is 3. The van der Waals surface area contributed by atoms with Crippen molar-refractivity contribution in [3.8, 4) is 18.4 Å². The first kappa shape index (κ1) is 76.0. The van der Waals surface area contributed by atoms with Gasteiger partial charge in [0.25, 0.3) is 0 Å². The molecule has 0 bridgehead atoms. The van der Waals surface area contributed by atoms with Crippen LogP contribution >= 0.6 is 21.4 Å². The molecule has 15 heteroatoms. The minimum atomic E-state index is 0. The number of aromatic nitrogens is 7. The molecule has 0 unspecified atom stereocenters. The van der Waals surface area contributed by atoms with Crippen LogP contribution in [0.15, 0.2) is 230 Å². The summed E-state index contributed by atoms with van der Waals surface area (Å²) in [5.41, 5.74) is 17.2. The maximum absolute atomic E-state index is 8.41. The number of aliphatic imine (C=N–C) groups is 2. The van der Waals surface area contributed by atoms with Crippen LogP contribution in [0.3, 0.4) is 0 Å². The highest BCUT2D eigenvalue weighted by Gasteiger charge is 2.03. The number of nitriles is 1. The highest BCUT2D eigenvalue weighted by molar-refractivity contribution is 7.88. The first-order valence-electron chi connectivity index (χ1n) is 28.0. The molecule has 7 aromatic carbocycles. The van der Waals surface area contributed by atoms with Crippen LogP contribution < -0.4 is 4.57 Å². The predicted molar refractivity (Wildman–Crippen MR) is 382 cm³/mol. The third kappa shape index (κ3) is 31.7. The predicted octanol–water partition coefficient (Wildman–Crippen LogP) is 18.9. The average molecular weight is 1230 g/mol. The highest BCUT2D eigenvalue weighted by Crippen LogP contribution is 2.23. The number of hydrogen-bond donors (Lipinski definition) is 4. The van der Waals surface area contributed by atoms with Crippen molar-refractivity contribution in [1.29, 1.82) is 6.39 Å². The van der Waals surface area contributed by atoms with Crippen molar-refractivity contribution >= 4 is 79.3 Å². The third-order valence-corrected chi connectivity index (χ3v) is 11.8. The Kier molecular flexibility index (Phi) is 41.6. The zero-order valence-corrected chi connectivity index (χ0v) is 54.1. The van der Waals surface area contributed by atoms with Crippen LogP contribution in [0.25, 0.3) is 20.6 Å². The summed E-state index contributed by atoms with van der Waals surface area (Å²) in [5.74, 6) is 2.60. The Hall–Kier alpha value is -10.1. The molecular weight excluding hydrogens is 1140 g/mol. The number of nitrogens with one attached hydrogen (secondary N) is 4. The van der Waals surface area contributed by atoms with Crippen LogP contribution in [0, 0.1) is 85.3 Å². The molecule has 2 aliphatic heterocycles. The Labute approximate surface area is 539 Å². The van der Waals surface area contributed by atoms with Gasteiger partial charge in [-0.1, -0.05) is 172 Å². The SMILES string of the molecule is C.C#Cc1ccccc1C.C1=Nc2ccccc2C1.C1=Nc2ccccc2C1.CC.Cc1c[nH]c[n+]1C.Cc1cccc(C#N)c1.Cc1cnc[nH]1.Cc1cnc[nH]1.P=S.[2H]S.[C-]#[N+]c1ccccc1C.[C-]#[N+]c1ccccc1C.c1ccc2[nH]ccc2c1. The summed E-state index contributed by atoms with van der Waals surface area (Å²) in [6.07, 6.45) is 23.8. The molecule has 0 aliphatic carbocycles. The number of rotatable bonds is 0. The molecule has 0 spiro atoms. The molecule has 88 heavy (non-hydrogen) atoms. The van der Waals surface area contributed by atoms with E-state index in [1.807, 2.05) is 238 Å². The zero-order valence-electron chi connectivity index (χ0n) is 52.4. The minimum absolute atomic E-state index is 0. The molecule has 2 aliphatic rings. The molecule has 0 fully saturated rings. The van der Waals surface area contributed by atoms with Crippen molar-refractivity contribution in [1.82, 2.24) is 29.9 Å². The molecule has 0 radical (unpaired) electrons. The fourth-order valence-electron chi connectivity index (χ4n) is 7.05. The van der Waals surface area contributed by atoms with Gasteiger partial charge in [0, 0.05) is 73.3 Å². The molecule has 12 nitrogen and oxygen atoms in total. The second kappa shape index (κ2) is 48.2. The first-order chi connectivity index (χ1) is 42.8. The maximum atomic E-state index is 8.41. The lowest BCUT2D eigenvalue weighted by atomic mass is 10.1. The van der Waals surface area contributed by atoms with E-state index in [9.17, 15) is 0 Å². The molecule has 0 atom stereocenters. The highest BCUT2D eigenvalue weighted by atomic mass is 32.4. The molecule has 0 saturated heterocycles. The number of terminal acetylenes is 1. The second-order valence-electron chi connectivity index (χ2n) is 18.3. The standard InChI is InChI=1S/C9H8.6C8H7N.C5H8N2.2C4H6N2.C2H6.CH4.HPS.H2S/c1-3-9-7-5-4-6-8(9)2;3*1-2-4-8-7(3-1)5-6-9-8;2*1-7-5-3-4-6-8(7)9-2;1-7-3-2-4-8(5-7)6-9;1-5-3-6-4-7(5)2;2*1-4-2-5-3-6-4;1-2;;1-2;/h1,4-7H,2H3;2*1-4,6H,5H2;1-6,9H;2*3-6H,1H3;2-5H,1H3;3-4H,1-2H3;2*2-3H,1H3,(H,5,6);1-2H3;1H4;1H;1H2/p+1/i/hD. The van der Waals surface area contributed by atoms with E-state index in [0.717, 1.165) is 74.8 Å². The van der Waals surface area contributed by atoms with Gasteiger partial charge in [0.15, 0.2) is 11.4 Å². The van der Waals surface area contributed by atoms with E-state index in [2.05, 4.69) is 132 Å². The Balaban J connectivity index is 0.000000959. The summed E-state index contributed by atoms with van der Waals surface area (Å²) >= 11 is 6.67. The number of para-hydroxylation sites is 5. The summed E-state index contributed by atoms with van der Waals surface area (Å²) < 4.78 is 7.47. The smallest absolute Gasteiger partial charge is 0.241 e. The zero-order chi connectivity index (χ0) is 65.2. The monoisotopic (exact) mass is 1220 g/mol. The Morgan fingerprint density at radius 1 is 0.614 bits per heavy atom. The van der Waals surface area contributed by atoms with Gasteiger partial charge in [-0.25, -0.2) is 29.2 Å². The summed E-state index contributed by atoms with van der Waals surface area (Å²) in [4.78, 5) is 34.4. The number of nitrogens with zero attached hydrogens (tertiary/aromatic N) is 8. The Morgan fingerprint density at radius 3 is 1.41 bits per heavy atom. The lowest BCUT2D eigenvalue weighted by Crippen LogP contribution is -2.27. The van der Waals surface area contributed by atoms with E-state index in [4.69, 9.17) is 26.0 Å². The quantitative estimate of drug-likeness (QED) is 0.0517. The summed E-state index contributed by atoms with van der Waals surface area (Å²) in [7, 11) is 4.56. The second-order valence-corrected chi connectivity index (χ2v) is 18.3. The van der Waals surface area contributed by atoms with E-state index in [1.54, 1.807) is 31.1 Å². The fourth-order valence-corrected chi connectivity index (χ4v) is 7.05. The van der Waals surface area contributed by atoms with Crippen molar-refractivity contribution in [2.45, 2.75) is 82.6 Å². The van der Waals surface area contributed by atoms with Crippen LogP contribution in [0.5, 0.6) is 0 Å². The van der Waals surface area contributed by atoms with E-state index < -0.39 is 0 Å². The fraction of sp³-hybridized carbons (Fsp3) is 0.178. The van der Waals surface area contributed by atoms with Crippen LogP contribution in [0.2, 0.25) is 0 Å². The number of hydrogen-bond acceptors (Lipinski definition) is 6. The van der Waals surface area contributed by atoms with Gasteiger partial charge in [-0.3, -0.25) is 9.98 Å². The van der Waals surface area contributed by atoms with E-state index in [0.29, 0.717) is 0 Å². The lowest BCUT2D eigenvalue weighted by molar-refractivity contribution is -0.676. The maximum Gasteiger partial charge on any atom is 0.241 e. The van der Waals surface area contributed by atoms with Crippen LogP contribution in [0.4, 0.5) is 22.7 Å². The largest absolute Gasteiger partial charge is 0.361 e. The summed E-state index contributed by atoms with van der Waals surface area (Å²) in [6, 6.07) is 59.3. The molecule has 4 aromatic heterocycles. The average Bonchev–Trinajstić information content (AvgIpc) is 4.68.